The van der Waals surface area contributed by atoms with Crippen molar-refractivity contribution in [3.63, 3.8) is 0 Å². The van der Waals surface area contributed by atoms with Gasteiger partial charge in [-0.15, -0.1) is 0 Å². The molecule has 3 amide bonds. The van der Waals surface area contributed by atoms with Gasteiger partial charge < -0.3 is 5.32 Å². The molecule has 1 saturated heterocycles. The Kier molecular flexibility index (Phi) is 6.06. The average Bonchev–Trinajstić information content (AvgIpc) is 2.70. The number of anilines is 1. The third kappa shape index (κ3) is 4.50. The summed E-state index contributed by atoms with van der Waals surface area (Å²) in [7, 11) is 0. The molecule has 0 bridgehead atoms. The van der Waals surface area contributed by atoms with Gasteiger partial charge in [0.15, 0.2) is 11.6 Å². The molecule has 2 aromatic rings. The number of nitrogens with one attached hydrogen (secondary N) is 2. The lowest BCUT2D eigenvalue weighted by Gasteiger charge is -2.35. The number of hydrogen-bond acceptors (Lipinski definition) is 3. The van der Waals surface area contributed by atoms with Crippen molar-refractivity contribution in [2.24, 2.45) is 0 Å². The summed E-state index contributed by atoms with van der Waals surface area (Å²) in [6, 6.07) is 10.6. The van der Waals surface area contributed by atoms with E-state index in [2.05, 4.69) is 10.6 Å². The minimum Gasteiger partial charge on any atom is -0.326 e. The summed E-state index contributed by atoms with van der Waals surface area (Å²) in [6.07, 6.45) is 1.71. The van der Waals surface area contributed by atoms with Crippen molar-refractivity contribution in [3.05, 3.63) is 65.2 Å². The van der Waals surface area contributed by atoms with Crippen molar-refractivity contribution in [1.29, 1.82) is 0 Å². The van der Waals surface area contributed by atoms with Gasteiger partial charge in [0.05, 0.1) is 5.41 Å². The largest absolute Gasteiger partial charge is 0.326 e. The zero-order valence-corrected chi connectivity index (χ0v) is 16.1. The summed E-state index contributed by atoms with van der Waals surface area (Å²) >= 11 is 0. The molecule has 0 saturated carbocycles. The van der Waals surface area contributed by atoms with Crippen LogP contribution in [0.3, 0.4) is 0 Å². The topological polar surface area (TPSA) is 75.3 Å². The molecule has 0 radical (unpaired) electrons. The molecule has 1 aliphatic heterocycles. The van der Waals surface area contributed by atoms with Crippen LogP contribution in [0.4, 0.5) is 14.5 Å². The smallest absolute Gasteiger partial charge is 0.237 e. The van der Waals surface area contributed by atoms with Gasteiger partial charge >= 0.3 is 0 Å². The minimum absolute atomic E-state index is 0.121. The van der Waals surface area contributed by atoms with E-state index in [1.54, 1.807) is 24.3 Å². The van der Waals surface area contributed by atoms with E-state index in [9.17, 15) is 23.2 Å². The Balaban J connectivity index is 1.62. The predicted octanol–water partition coefficient (Wildman–Crippen LogP) is 3.62. The minimum atomic E-state index is -0.934. The first-order valence-corrected chi connectivity index (χ1v) is 9.52. The van der Waals surface area contributed by atoms with Gasteiger partial charge in [-0.05, 0) is 54.7 Å². The lowest BCUT2D eigenvalue weighted by molar-refractivity contribution is -0.138. The maximum Gasteiger partial charge on any atom is 0.237 e. The second-order valence-corrected chi connectivity index (χ2v) is 7.19. The molecule has 2 aromatic carbocycles. The predicted molar refractivity (Wildman–Crippen MR) is 104 cm³/mol. The normalized spacial score (nSPS) is 19.0. The number of piperidine rings is 1. The number of rotatable bonds is 6. The lowest BCUT2D eigenvalue weighted by Crippen LogP contribution is -2.51. The van der Waals surface area contributed by atoms with Gasteiger partial charge in [0.25, 0.3) is 0 Å². The number of imide groups is 1. The van der Waals surface area contributed by atoms with Crippen molar-refractivity contribution < 1.29 is 23.2 Å². The summed E-state index contributed by atoms with van der Waals surface area (Å²) < 4.78 is 26.2. The van der Waals surface area contributed by atoms with Crippen molar-refractivity contribution >= 4 is 23.4 Å². The fourth-order valence-electron chi connectivity index (χ4n) is 3.62. The van der Waals surface area contributed by atoms with Gasteiger partial charge in [-0.2, -0.15) is 0 Å². The van der Waals surface area contributed by atoms with E-state index in [0.29, 0.717) is 30.5 Å². The second kappa shape index (κ2) is 8.51. The standard InChI is InChI=1S/C22H22F2N2O3/c1-2-22(12-11-20(28)26-21(22)29)15-5-7-16(8-6-15)25-19(27)10-4-14-3-9-17(23)18(24)13-14/h3,5-9,13H,2,4,10-12H2,1H3,(H,25,27)(H,26,28,29). The third-order valence-electron chi connectivity index (χ3n) is 5.42. The van der Waals surface area contributed by atoms with Crippen molar-refractivity contribution in [2.45, 2.75) is 44.4 Å². The van der Waals surface area contributed by atoms with Crippen LogP contribution in [0, 0.1) is 11.6 Å². The average molecular weight is 400 g/mol. The van der Waals surface area contributed by atoms with Crippen molar-refractivity contribution in [1.82, 2.24) is 5.32 Å². The maximum atomic E-state index is 13.2. The van der Waals surface area contributed by atoms with Gasteiger partial charge in [0, 0.05) is 18.5 Å². The van der Waals surface area contributed by atoms with E-state index >= 15 is 0 Å². The van der Waals surface area contributed by atoms with E-state index in [-0.39, 0.29) is 30.6 Å². The molecule has 1 aliphatic rings. The second-order valence-electron chi connectivity index (χ2n) is 7.19. The Morgan fingerprint density at radius 2 is 1.83 bits per heavy atom. The van der Waals surface area contributed by atoms with E-state index < -0.39 is 17.0 Å². The molecule has 0 aliphatic carbocycles. The first kappa shape index (κ1) is 20.6. The molecule has 1 fully saturated rings. The quantitative estimate of drug-likeness (QED) is 0.728. The van der Waals surface area contributed by atoms with Crippen LogP contribution in [-0.2, 0) is 26.2 Å². The highest BCUT2D eigenvalue weighted by atomic mass is 19.2. The molecular formula is C22H22F2N2O3. The first-order valence-electron chi connectivity index (χ1n) is 9.52. The Hall–Kier alpha value is -3.09. The molecule has 1 atom stereocenters. The molecule has 1 heterocycles. The van der Waals surface area contributed by atoms with Crippen LogP contribution in [-0.4, -0.2) is 17.7 Å². The fourth-order valence-corrected chi connectivity index (χ4v) is 3.62. The molecular weight excluding hydrogens is 378 g/mol. The summed E-state index contributed by atoms with van der Waals surface area (Å²) in [5, 5.41) is 5.16. The highest BCUT2D eigenvalue weighted by Crippen LogP contribution is 2.36. The number of carbonyl (C=O) groups excluding carboxylic acids is 3. The fraction of sp³-hybridized carbons (Fsp3) is 0.318. The summed E-state index contributed by atoms with van der Waals surface area (Å²) in [6.45, 7) is 1.91. The summed E-state index contributed by atoms with van der Waals surface area (Å²) in [4.78, 5) is 36.0. The molecule has 1 unspecified atom stereocenters. The summed E-state index contributed by atoms with van der Waals surface area (Å²) in [5.74, 6) is -2.66. The van der Waals surface area contributed by atoms with Crippen LogP contribution in [0.15, 0.2) is 42.5 Å². The van der Waals surface area contributed by atoms with Crippen LogP contribution < -0.4 is 10.6 Å². The molecule has 0 spiro atoms. The Morgan fingerprint density at radius 1 is 1.10 bits per heavy atom. The molecule has 7 heteroatoms. The third-order valence-corrected chi connectivity index (χ3v) is 5.42. The Bertz CT molecular complexity index is 944. The number of benzene rings is 2. The van der Waals surface area contributed by atoms with Crippen LogP contribution in [0.5, 0.6) is 0 Å². The van der Waals surface area contributed by atoms with Crippen LogP contribution in [0.1, 0.15) is 43.7 Å². The molecule has 2 N–H and O–H groups in total. The molecule has 3 rings (SSSR count). The van der Waals surface area contributed by atoms with Crippen LogP contribution in [0.25, 0.3) is 0 Å². The first-order chi connectivity index (χ1) is 13.8. The van der Waals surface area contributed by atoms with Gasteiger partial charge in [-0.25, -0.2) is 8.78 Å². The van der Waals surface area contributed by atoms with E-state index in [1.165, 1.54) is 6.07 Å². The summed E-state index contributed by atoms with van der Waals surface area (Å²) in [5.41, 5.74) is 1.16. The Labute approximate surface area is 167 Å². The number of halogens is 2. The van der Waals surface area contributed by atoms with E-state index in [4.69, 9.17) is 0 Å². The van der Waals surface area contributed by atoms with E-state index in [1.807, 2.05) is 6.92 Å². The van der Waals surface area contributed by atoms with Crippen molar-refractivity contribution in [2.75, 3.05) is 5.32 Å². The monoisotopic (exact) mass is 400 g/mol. The highest BCUT2D eigenvalue weighted by molar-refractivity contribution is 6.03. The van der Waals surface area contributed by atoms with Gasteiger partial charge in [0.1, 0.15) is 0 Å². The number of aryl methyl sites for hydroxylation is 1. The Morgan fingerprint density at radius 3 is 2.45 bits per heavy atom. The lowest BCUT2D eigenvalue weighted by atomic mass is 9.72. The molecule has 152 valence electrons. The molecule has 0 aromatic heterocycles. The van der Waals surface area contributed by atoms with Gasteiger partial charge in [-0.1, -0.05) is 25.1 Å². The van der Waals surface area contributed by atoms with Crippen molar-refractivity contribution in [3.8, 4) is 0 Å². The van der Waals surface area contributed by atoms with Gasteiger partial charge in [0.2, 0.25) is 17.7 Å². The van der Waals surface area contributed by atoms with Gasteiger partial charge in [-0.3, -0.25) is 19.7 Å². The number of carbonyl (C=O) groups is 3. The number of amides is 3. The molecule has 29 heavy (non-hydrogen) atoms. The van der Waals surface area contributed by atoms with Crippen LogP contribution in [0.2, 0.25) is 0 Å². The number of hydrogen-bond donors (Lipinski definition) is 2. The van der Waals surface area contributed by atoms with E-state index in [0.717, 1.165) is 17.7 Å². The zero-order valence-electron chi connectivity index (χ0n) is 16.1. The molecule has 5 nitrogen and oxygen atoms in total. The highest BCUT2D eigenvalue weighted by Gasteiger charge is 2.42. The maximum absolute atomic E-state index is 13.2. The van der Waals surface area contributed by atoms with Crippen LogP contribution >= 0.6 is 0 Å². The SMILES string of the molecule is CCC1(c2ccc(NC(=O)CCc3ccc(F)c(F)c3)cc2)CCC(=O)NC1=O. The zero-order chi connectivity index (χ0) is 21.0.